The van der Waals surface area contributed by atoms with Crippen molar-refractivity contribution >= 4 is 29.0 Å². The topological polar surface area (TPSA) is 24.9 Å². The summed E-state index contributed by atoms with van der Waals surface area (Å²) in [5.74, 6) is -0.191. The number of anilines is 1. The van der Waals surface area contributed by atoms with Gasteiger partial charge in [0.15, 0.2) is 11.6 Å². The quantitative estimate of drug-likeness (QED) is 0.820. The Labute approximate surface area is 104 Å². The van der Waals surface area contributed by atoms with Crippen LogP contribution in [0.2, 0.25) is 5.02 Å². The highest BCUT2D eigenvalue weighted by molar-refractivity contribution is 6.30. The van der Waals surface area contributed by atoms with Gasteiger partial charge in [0.05, 0.1) is 10.4 Å². The summed E-state index contributed by atoms with van der Waals surface area (Å²) in [5, 5.41) is 3.40. The van der Waals surface area contributed by atoms with E-state index in [1.54, 1.807) is 0 Å². The first-order valence-corrected chi connectivity index (χ1v) is 6.20. The largest absolute Gasteiger partial charge is 0.363 e. The van der Waals surface area contributed by atoms with Crippen molar-refractivity contribution in [3.63, 3.8) is 0 Å². The summed E-state index contributed by atoms with van der Waals surface area (Å²) in [6.45, 7) is 0. The van der Waals surface area contributed by atoms with Gasteiger partial charge in [0.2, 0.25) is 0 Å². The summed E-state index contributed by atoms with van der Waals surface area (Å²) in [6, 6.07) is 1.35. The van der Waals surface area contributed by atoms with Crippen molar-refractivity contribution in [1.29, 1.82) is 0 Å². The first kappa shape index (κ1) is 11.9. The van der Waals surface area contributed by atoms with Crippen molar-refractivity contribution in [2.75, 3.05) is 5.32 Å². The molecule has 0 saturated heterocycles. The van der Waals surface area contributed by atoms with E-state index >= 15 is 0 Å². The monoisotopic (exact) mass is 262 g/mol. The van der Waals surface area contributed by atoms with Crippen molar-refractivity contribution in [3.8, 4) is 0 Å². The fourth-order valence-electron chi connectivity index (χ4n) is 1.94. The lowest BCUT2D eigenvalue weighted by Gasteiger charge is -2.28. The van der Waals surface area contributed by atoms with Gasteiger partial charge in [-0.15, -0.1) is 11.6 Å². The van der Waals surface area contributed by atoms with E-state index in [1.165, 1.54) is 12.3 Å². The number of nitrogens with one attached hydrogen (secondary N) is 1. The summed E-state index contributed by atoms with van der Waals surface area (Å²) in [6.07, 6.45) is 5.62. The molecule has 1 aromatic heterocycles. The number of alkyl halides is 1. The Hall–Kier alpha value is -0.540. The van der Waals surface area contributed by atoms with Gasteiger partial charge in [-0.05, 0) is 18.9 Å². The van der Waals surface area contributed by atoms with E-state index in [9.17, 15) is 4.39 Å². The van der Waals surface area contributed by atoms with Crippen molar-refractivity contribution in [2.24, 2.45) is 0 Å². The lowest BCUT2D eigenvalue weighted by molar-refractivity contribution is 0.466. The molecular weight excluding hydrogens is 250 g/mol. The van der Waals surface area contributed by atoms with Crippen molar-refractivity contribution < 1.29 is 4.39 Å². The van der Waals surface area contributed by atoms with Gasteiger partial charge < -0.3 is 5.32 Å². The number of pyridine rings is 1. The number of hydrogen-bond acceptors (Lipinski definition) is 2. The number of nitrogens with zero attached hydrogens (tertiary/aromatic N) is 1. The average Bonchev–Trinajstić information content (AvgIpc) is 2.25. The minimum absolute atomic E-state index is 0.0469. The van der Waals surface area contributed by atoms with E-state index in [2.05, 4.69) is 10.3 Å². The van der Waals surface area contributed by atoms with Crippen LogP contribution in [0.5, 0.6) is 0 Å². The first-order chi connectivity index (χ1) is 7.66. The Morgan fingerprint density at radius 2 is 2.12 bits per heavy atom. The minimum Gasteiger partial charge on any atom is -0.363 e. The highest BCUT2D eigenvalue weighted by atomic mass is 35.5. The molecule has 0 spiro atoms. The Balaban J connectivity index is 2.07. The molecule has 2 rings (SSSR count). The average molecular weight is 263 g/mol. The number of halogens is 3. The smallest absolute Gasteiger partial charge is 0.166 e. The van der Waals surface area contributed by atoms with Crippen LogP contribution in [0, 0.1) is 5.82 Å². The molecule has 2 nitrogen and oxygen atoms in total. The van der Waals surface area contributed by atoms with Gasteiger partial charge in [-0.2, -0.15) is 0 Å². The lowest BCUT2D eigenvalue weighted by Crippen LogP contribution is -2.33. The molecule has 1 N–H and O–H groups in total. The highest BCUT2D eigenvalue weighted by Gasteiger charge is 2.24. The third kappa shape index (κ3) is 2.77. The van der Waals surface area contributed by atoms with Gasteiger partial charge in [-0.1, -0.05) is 24.4 Å². The second-order valence-electron chi connectivity index (χ2n) is 4.04. The molecule has 0 aromatic carbocycles. The molecule has 5 heteroatoms. The summed E-state index contributed by atoms with van der Waals surface area (Å²) < 4.78 is 13.5. The van der Waals surface area contributed by atoms with Gasteiger partial charge in [0.25, 0.3) is 0 Å². The van der Waals surface area contributed by atoms with Crippen LogP contribution in [0.25, 0.3) is 0 Å². The van der Waals surface area contributed by atoms with E-state index < -0.39 is 5.82 Å². The molecule has 1 fully saturated rings. The zero-order valence-corrected chi connectivity index (χ0v) is 10.2. The fourth-order valence-corrected chi connectivity index (χ4v) is 2.43. The van der Waals surface area contributed by atoms with Crippen LogP contribution in [0.1, 0.15) is 25.7 Å². The maximum absolute atomic E-state index is 13.5. The maximum Gasteiger partial charge on any atom is 0.166 e. The third-order valence-electron chi connectivity index (χ3n) is 2.81. The van der Waals surface area contributed by atoms with E-state index in [0.717, 1.165) is 25.7 Å². The van der Waals surface area contributed by atoms with E-state index in [4.69, 9.17) is 23.2 Å². The summed E-state index contributed by atoms with van der Waals surface area (Å²) in [5.41, 5.74) is 0. The van der Waals surface area contributed by atoms with Crippen LogP contribution in [0.3, 0.4) is 0 Å². The third-order valence-corrected chi connectivity index (χ3v) is 3.54. The van der Waals surface area contributed by atoms with E-state index in [1.807, 2.05) is 0 Å². The molecule has 1 heterocycles. The Bertz CT molecular complexity index is 373. The van der Waals surface area contributed by atoms with Crippen molar-refractivity contribution in [2.45, 2.75) is 37.1 Å². The summed E-state index contributed by atoms with van der Waals surface area (Å²) >= 11 is 11.8. The maximum atomic E-state index is 13.5. The van der Waals surface area contributed by atoms with Crippen LogP contribution in [0.15, 0.2) is 12.3 Å². The molecule has 1 aliphatic rings. The normalized spacial score (nSPS) is 25.4. The van der Waals surface area contributed by atoms with Crippen LogP contribution in [0.4, 0.5) is 10.2 Å². The molecule has 1 aliphatic carbocycles. The molecule has 0 radical (unpaired) electrons. The van der Waals surface area contributed by atoms with Gasteiger partial charge >= 0.3 is 0 Å². The molecule has 2 atom stereocenters. The predicted octanol–water partition coefficient (Wildman–Crippen LogP) is 3.84. The van der Waals surface area contributed by atoms with Gasteiger partial charge in [-0.3, -0.25) is 0 Å². The Morgan fingerprint density at radius 3 is 2.81 bits per heavy atom. The van der Waals surface area contributed by atoms with E-state index in [0.29, 0.717) is 5.02 Å². The van der Waals surface area contributed by atoms with Gasteiger partial charge in [-0.25, -0.2) is 9.37 Å². The van der Waals surface area contributed by atoms with Crippen molar-refractivity contribution in [3.05, 3.63) is 23.1 Å². The number of rotatable bonds is 2. The van der Waals surface area contributed by atoms with Gasteiger partial charge in [0.1, 0.15) is 0 Å². The molecule has 0 amide bonds. The van der Waals surface area contributed by atoms with Crippen LogP contribution in [-0.4, -0.2) is 16.4 Å². The molecule has 2 unspecified atom stereocenters. The number of hydrogen-bond donors (Lipinski definition) is 1. The Morgan fingerprint density at radius 1 is 1.38 bits per heavy atom. The molecule has 88 valence electrons. The molecule has 1 aromatic rings. The van der Waals surface area contributed by atoms with Gasteiger partial charge in [0, 0.05) is 12.2 Å². The first-order valence-electron chi connectivity index (χ1n) is 5.38. The minimum atomic E-state index is -0.429. The highest BCUT2D eigenvalue weighted by Crippen LogP contribution is 2.26. The van der Waals surface area contributed by atoms with Crippen LogP contribution in [-0.2, 0) is 0 Å². The van der Waals surface area contributed by atoms with Crippen molar-refractivity contribution in [1.82, 2.24) is 4.98 Å². The predicted molar refractivity (Wildman–Crippen MR) is 64.7 cm³/mol. The van der Waals surface area contributed by atoms with Crippen LogP contribution < -0.4 is 5.32 Å². The standard InChI is InChI=1S/C11H13Cl2FN2/c12-7-5-9(14)11(15-6-7)16-10-4-2-1-3-8(10)13/h5-6,8,10H,1-4H2,(H,15,16). The molecule has 16 heavy (non-hydrogen) atoms. The zero-order chi connectivity index (χ0) is 11.5. The molecular formula is C11H13Cl2FN2. The zero-order valence-electron chi connectivity index (χ0n) is 8.72. The summed E-state index contributed by atoms with van der Waals surface area (Å²) in [4.78, 5) is 3.93. The molecule has 0 aliphatic heterocycles. The second-order valence-corrected chi connectivity index (χ2v) is 5.03. The Kier molecular flexibility index (Phi) is 3.87. The fraction of sp³-hybridized carbons (Fsp3) is 0.545. The molecule has 0 bridgehead atoms. The van der Waals surface area contributed by atoms with Crippen LogP contribution >= 0.6 is 23.2 Å². The number of aromatic nitrogens is 1. The second kappa shape index (κ2) is 5.19. The summed E-state index contributed by atoms with van der Waals surface area (Å²) in [7, 11) is 0. The van der Waals surface area contributed by atoms with E-state index in [-0.39, 0.29) is 17.2 Å². The molecule has 1 saturated carbocycles. The lowest BCUT2D eigenvalue weighted by atomic mass is 9.95. The SMILES string of the molecule is Fc1cc(Cl)cnc1NC1CCCCC1Cl.